The van der Waals surface area contributed by atoms with Crippen LogP contribution in [0.3, 0.4) is 0 Å². The molecule has 0 saturated carbocycles. The molecule has 17 nitrogen and oxygen atoms in total. The van der Waals surface area contributed by atoms with Crippen LogP contribution in [0.2, 0.25) is 0 Å². The van der Waals surface area contributed by atoms with Crippen LogP contribution in [0.25, 0.3) is 0 Å². The maximum absolute atomic E-state index is 12.1. The highest BCUT2D eigenvalue weighted by Crippen LogP contribution is 2.17. The van der Waals surface area contributed by atoms with Gasteiger partial charge in [-0.1, -0.05) is 89.9 Å². The first kappa shape index (κ1) is 63.6. The molecule has 0 spiro atoms. The van der Waals surface area contributed by atoms with Crippen molar-refractivity contribution >= 4 is 41.3 Å². The molecule has 0 radical (unpaired) electrons. The fraction of sp³-hybridized carbons (Fsp3) is 0.854. The minimum absolute atomic E-state index is 0.00788. The zero-order chi connectivity index (χ0) is 48.6. The molecule has 0 aliphatic heterocycles. The van der Waals surface area contributed by atoms with Gasteiger partial charge in [-0.25, -0.2) is 0 Å². The average Bonchev–Trinajstić information content (AvgIpc) is 3.26. The van der Waals surface area contributed by atoms with Crippen LogP contribution in [-0.4, -0.2) is 136 Å². The second kappa shape index (κ2) is 48.4. The fourth-order valence-electron chi connectivity index (χ4n) is 6.77. The molecule has 2 amide bonds. The molecule has 0 aromatic rings. The van der Waals surface area contributed by atoms with Crippen LogP contribution in [0, 0.1) is 5.92 Å². The number of aliphatic carboxylic acids is 3. The molecule has 0 rings (SSSR count). The van der Waals surface area contributed by atoms with Gasteiger partial charge in [0.05, 0.1) is 32.3 Å². The fourth-order valence-corrected chi connectivity index (χ4v) is 6.77. The van der Waals surface area contributed by atoms with E-state index in [0.29, 0.717) is 97.7 Å². The number of carboxylic acid groups (broad SMARTS) is 3. The van der Waals surface area contributed by atoms with Crippen molar-refractivity contribution in [1.82, 2.24) is 16.0 Å². The third kappa shape index (κ3) is 48.2. The van der Waals surface area contributed by atoms with Gasteiger partial charge in [0.15, 0.2) is 5.78 Å². The second-order valence-corrected chi connectivity index (χ2v) is 16.4. The molecule has 0 fully saturated rings. The van der Waals surface area contributed by atoms with E-state index < -0.39 is 29.9 Å². The van der Waals surface area contributed by atoms with Gasteiger partial charge in [-0.3, -0.25) is 33.6 Å². The Labute approximate surface area is 390 Å². The van der Waals surface area contributed by atoms with Crippen molar-refractivity contribution in [1.29, 1.82) is 0 Å². The topological polar surface area (TPSA) is 253 Å². The van der Waals surface area contributed by atoms with Gasteiger partial charge in [-0.15, -0.1) is 0 Å². The number of amides is 2. The second-order valence-electron chi connectivity index (χ2n) is 16.4. The number of hydrogen-bond donors (Lipinski definition) is 6. The van der Waals surface area contributed by atoms with Gasteiger partial charge in [0, 0.05) is 58.4 Å². The standard InChI is InChI=1S/C28H51NO6.C20H38N2O8/c1-2-29-26(31)22-21-24(28(34)35)23-25(30)19-17-15-13-11-9-7-5-3-4-6-8-10-12-14-16-18-20-27(32)33;1-3-27-11-13-29-15-17(23)7-6-10-28-12-14-30-16-19(24)22-9-5-4-8-18(21-2)20(25)26/h24H,2-23H2,1H3,(H,29,31)(H,32,33)(H,34,35);18,21H,3-16H2,1-2H3,(H,22,24)(H,25,26)/t24-;18-/m10/s1. The Balaban J connectivity index is 0. The highest BCUT2D eigenvalue weighted by Gasteiger charge is 2.22. The Hall–Kier alpha value is -3.51. The molecule has 0 aromatic carbocycles. The van der Waals surface area contributed by atoms with Gasteiger partial charge in [-0.05, 0) is 65.8 Å². The molecule has 0 bridgehead atoms. The van der Waals surface area contributed by atoms with Gasteiger partial charge in [0.2, 0.25) is 11.8 Å². The lowest BCUT2D eigenvalue weighted by atomic mass is 9.94. The van der Waals surface area contributed by atoms with E-state index >= 15 is 0 Å². The molecule has 17 heteroatoms. The summed E-state index contributed by atoms with van der Waals surface area (Å²) in [4.78, 5) is 79.5. The van der Waals surface area contributed by atoms with E-state index in [-0.39, 0.29) is 55.9 Å². The SMILES string of the molecule is CCNC(=O)CC[C@H](CC(=O)CCCCCCCCCCCCCCCCCCC(=O)O)C(=O)O.CCOCCOCC(=O)CCCOCCOCC(=O)NCCCC[C@H](NC)C(=O)O. The first-order valence-electron chi connectivity index (χ1n) is 24.6. The van der Waals surface area contributed by atoms with E-state index in [0.717, 1.165) is 38.5 Å². The third-order valence-corrected chi connectivity index (χ3v) is 10.6. The lowest BCUT2D eigenvalue weighted by Crippen LogP contribution is -2.34. The van der Waals surface area contributed by atoms with Crippen LogP contribution in [0.4, 0.5) is 0 Å². The molecular formula is C48H89N3O14. The summed E-state index contributed by atoms with van der Waals surface area (Å²) in [6.45, 7) is 7.43. The van der Waals surface area contributed by atoms with Gasteiger partial charge in [0.1, 0.15) is 25.0 Å². The first-order valence-corrected chi connectivity index (χ1v) is 24.6. The molecular weight excluding hydrogens is 843 g/mol. The molecule has 0 aliphatic rings. The molecule has 0 heterocycles. The third-order valence-electron chi connectivity index (χ3n) is 10.6. The molecule has 380 valence electrons. The summed E-state index contributed by atoms with van der Waals surface area (Å²) in [6.07, 6.45) is 22.7. The van der Waals surface area contributed by atoms with Crippen molar-refractivity contribution in [2.24, 2.45) is 5.92 Å². The van der Waals surface area contributed by atoms with Crippen LogP contribution >= 0.6 is 0 Å². The van der Waals surface area contributed by atoms with Crippen molar-refractivity contribution in [2.45, 2.75) is 187 Å². The Morgan fingerprint density at radius 3 is 1.48 bits per heavy atom. The smallest absolute Gasteiger partial charge is 0.320 e. The normalized spacial score (nSPS) is 11.9. The number of Topliss-reactive ketones (excluding diaryl/α,β-unsaturated/α-hetero) is 2. The quantitative estimate of drug-likeness (QED) is 0.0334. The van der Waals surface area contributed by atoms with Gasteiger partial charge in [-0.2, -0.15) is 0 Å². The average molecular weight is 932 g/mol. The maximum atomic E-state index is 12.1. The number of carbonyl (C=O) groups is 7. The number of ketones is 2. The molecule has 2 atom stereocenters. The summed E-state index contributed by atoms with van der Waals surface area (Å²) >= 11 is 0. The number of carbonyl (C=O) groups excluding carboxylic acids is 4. The number of carboxylic acids is 3. The molecule has 6 N–H and O–H groups in total. The summed E-state index contributed by atoms with van der Waals surface area (Å²) in [6, 6.07) is -0.554. The van der Waals surface area contributed by atoms with E-state index in [2.05, 4.69) is 16.0 Å². The maximum Gasteiger partial charge on any atom is 0.320 e. The van der Waals surface area contributed by atoms with Crippen molar-refractivity contribution in [3.05, 3.63) is 0 Å². The lowest BCUT2D eigenvalue weighted by Gasteiger charge is -2.11. The molecule has 0 unspecified atom stereocenters. The monoisotopic (exact) mass is 932 g/mol. The number of ether oxygens (including phenoxy) is 4. The highest BCUT2D eigenvalue weighted by molar-refractivity contribution is 5.84. The Kier molecular flexibility index (Phi) is 47.4. The summed E-state index contributed by atoms with van der Waals surface area (Å²) in [5.74, 6) is -3.66. The van der Waals surface area contributed by atoms with E-state index in [1.165, 1.54) is 64.2 Å². The van der Waals surface area contributed by atoms with E-state index in [4.69, 9.17) is 29.2 Å². The molecule has 65 heavy (non-hydrogen) atoms. The van der Waals surface area contributed by atoms with Gasteiger partial charge in [0.25, 0.3) is 0 Å². The summed E-state index contributed by atoms with van der Waals surface area (Å²) in [5, 5.41) is 34.9. The van der Waals surface area contributed by atoms with Crippen molar-refractivity contribution in [2.75, 3.05) is 73.0 Å². The van der Waals surface area contributed by atoms with Crippen molar-refractivity contribution < 1.29 is 67.8 Å². The van der Waals surface area contributed by atoms with Crippen LogP contribution in [0.1, 0.15) is 181 Å². The zero-order valence-electron chi connectivity index (χ0n) is 40.4. The minimum Gasteiger partial charge on any atom is -0.481 e. The summed E-state index contributed by atoms with van der Waals surface area (Å²) in [5.41, 5.74) is 0. The number of rotatable bonds is 48. The number of hydrogen-bond acceptors (Lipinski definition) is 12. The van der Waals surface area contributed by atoms with Gasteiger partial charge < -0.3 is 50.2 Å². The van der Waals surface area contributed by atoms with E-state index in [9.17, 15) is 38.7 Å². The van der Waals surface area contributed by atoms with Crippen LogP contribution in [0.15, 0.2) is 0 Å². The van der Waals surface area contributed by atoms with Crippen LogP contribution < -0.4 is 16.0 Å². The number of likely N-dealkylation sites (N-methyl/N-ethyl adjacent to an activating group) is 1. The molecule has 0 aliphatic carbocycles. The lowest BCUT2D eigenvalue weighted by molar-refractivity contribution is -0.144. The summed E-state index contributed by atoms with van der Waals surface area (Å²) in [7, 11) is 1.61. The Bertz CT molecular complexity index is 1220. The summed E-state index contributed by atoms with van der Waals surface area (Å²) < 4.78 is 20.9. The van der Waals surface area contributed by atoms with E-state index in [1.54, 1.807) is 7.05 Å². The highest BCUT2D eigenvalue weighted by atomic mass is 16.5. The minimum atomic E-state index is -0.993. The Morgan fingerprint density at radius 2 is 0.969 bits per heavy atom. The first-order chi connectivity index (χ1) is 31.4. The van der Waals surface area contributed by atoms with Crippen molar-refractivity contribution in [3.63, 3.8) is 0 Å². The number of nitrogens with one attached hydrogen (secondary N) is 3. The van der Waals surface area contributed by atoms with E-state index in [1.807, 2.05) is 13.8 Å². The largest absolute Gasteiger partial charge is 0.481 e. The van der Waals surface area contributed by atoms with Gasteiger partial charge >= 0.3 is 17.9 Å². The van der Waals surface area contributed by atoms with Crippen molar-refractivity contribution in [3.8, 4) is 0 Å². The molecule has 0 aromatic heterocycles. The zero-order valence-corrected chi connectivity index (χ0v) is 40.4. The predicted molar refractivity (Wildman–Crippen MR) is 250 cm³/mol. The van der Waals surface area contributed by atoms with Crippen LogP contribution in [0.5, 0.6) is 0 Å². The van der Waals surface area contributed by atoms with Crippen LogP contribution in [-0.2, 0) is 52.5 Å². The molecule has 0 saturated heterocycles. The number of unbranched alkanes of at least 4 members (excludes halogenated alkanes) is 16. The Morgan fingerprint density at radius 1 is 0.462 bits per heavy atom. The predicted octanol–water partition coefficient (Wildman–Crippen LogP) is 7.05.